The molecule has 3 nitrogen and oxygen atoms in total. The Labute approximate surface area is 93.8 Å². The van der Waals surface area contributed by atoms with Gasteiger partial charge in [-0.05, 0) is 31.0 Å². The van der Waals surface area contributed by atoms with Crippen LogP contribution in [0.1, 0.15) is 22.2 Å². The Morgan fingerprint density at radius 1 is 1.53 bits per heavy atom. The Bertz CT molecular complexity index is 404. The number of nitrogens with one attached hydrogen (secondary N) is 1. The fourth-order valence-electron chi connectivity index (χ4n) is 1.80. The molecule has 1 N–H and O–H groups in total. The Morgan fingerprint density at radius 2 is 2.33 bits per heavy atom. The second-order valence-corrected chi connectivity index (χ2v) is 4.70. The van der Waals surface area contributed by atoms with Gasteiger partial charge in [-0.25, -0.2) is 4.98 Å². The van der Waals surface area contributed by atoms with Gasteiger partial charge in [-0.3, -0.25) is 0 Å². The van der Waals surface area contributed by atoms with Crippen molar-refractivity contribution in [3.05, 3.63) is 40.1 Å². The van der Waals surface area contributed by atoms with Gasteiger partial charge < -0.3 is 9.88 Å². The van der Waals surface area contributed by atoms with Crippen molar-refractivity contribution in [2.24, 2.45) is 7.05 Å². The van der Waals surface area contributed by atoms with Gasteiger partial charge in [-0.1, -0.05) is 0 Å². The summed E-state index contributed by atoms with van der Waals surface area (Å²) >= 11 is 1.78. The smallest absolute Gasteiger partial charge is 0.0946 e. The van der Waals surface area contributed by atoms with Crippen LogP contribution in [0.2, 0.25) is 0 Å². The van der Waals surface area contributed by atoms with Gasteiger partial charge in [0.15, 0.2) is 0 Å². The topological polar surface area (TPSA) is 29.9 Å². The average Bonchev–Trinajstić information content (AvgIpc) is 2.80. The lowest BCUT2D eigenvalue weighted by atomic mass is 10.1. The van der Waals surface area contributed by atoms with Crippen molar-refractivity contribution in [1.82, 2.24) is 14.9 Å². The minimum atomic E-state index is 0.240. The molecule has 2 heterocycles. The van der Waals surface area contributed by atoms with Crippen molar-refractivity contribution in [3.63, 3.8) is 0 Å². The average molecular weight is 221 g/mol. The molecule has 0 saturated heterocycles. The fraction of sp³-hybridized carbons (Fsp3) is 0.364. The molecule has 0 fully saturated rings. The number of hydrogen-bond acceptors (Lipinski definition) is 3. The number of rotatable bonds is 3. The SMILES string of the molecule is CNC(c1ccsc1C)c1cncn1C. The molecule has 0 spiro atoms. The predicted molar refractivity (Wildman–Crippen MR) is 63.2 cm³/mol. The molecule has 0 saturated carbocycles. The number of aromatic nitrogens is 2. The summed E-state index contributed by atoms with van der Waals surface area (Å²) in [5.41, 5.74) is 2.53. The van der Waals surface area contributed by atoms with E-state index in [1.807, 2.05) is 26.6 Å². The number of hydrogen-bond donors (Lipinski definition) is 1. The maximum atomic E-state index is 4.16. The molecular weight excluding hydrogens is 206 g/mol. The Morgan fingerprint density at radius 3 is 2.80 bits per heavy atom. The normalized spacial score (nSPS) is 13.0. The van der Waals surface area contributed by atoms with Crippen LogP contribution in [0.5, 0.6) is 0 Å². The maximum absolute atomic E-state index is 4.16. The van der Waals surface area contributed by atoms with Crippen LogP contribution in [0, 0.1) is 6.92 Å². The number of imidazole rings is 1. The Hall–Kier alpha value is -1.13. The van der Waals surface area contributed by atoms with Gasteiger partial charge in [-0.15, -0.1) is 11.3 Å². The van der Waals surface area contributed by atoms with Gasteiger partial charge >= 0.3 is 0 Å². The number of thiophene rings is 1. The summed E-state index contributed by atoms with van der Waals surface area (Å²) in [6, 6.07) is 2.41. The summed E-state index contributed by atoms with van der Waals surface area (Å²) in [6.45, 7) is 2.15. The van der Waals surface area contributed by atoms with E-state index in [0.29, 0.717) is 0 Å². The first-order chi connectivity index (χ1) is 7.24. The summed E-state index contributed by atoms with van der Waals surface area (Å²) in [5.74, 6) is 0. The van der Waals surface area contributed by atoms with Crippen LogP contribution in [-0.4, -0.2) is 16.6 Å². The summed E-state index contributed by atoms with van der Waals surface area (Å²) in [7, 11) is 4.00. The molecule has 0 aliphatic carbocycles. The molecule has 2 rings (SSSR count). The van der Waals surface area contributed by atoms with E-state index in [4.69, 9.17) is 0 Å². The van der Waals surface area contributed by atoms with E-state index in [9.17, 15) is 0 Å². The number of aryl methyl sites for hydroxylation is 2. The molecule has 4 heteroatoms. The second kappa shape index (κ2) is 4.16. The Balaban J connectivity index is 2.41. The van der Waals surface area contributed by atoms with Crippen LogP contribution in [0.3, 0.4) is 0 Å². The van der Waals surface area contributed by atoms with Gasteiger partial charge in [0.05, 0.1) is 24.3 Å². The van der Waals surface area contributed by atoms with E-state index in [1.165, 1.54) is 16.1 Å². The lowest BCUT2D eigenvalue weighted by Crippen LogP contribution is -2.20. The summed E-state index contributed by atoms with van der Waals surface area (Å²) in [5, 5.41) is 5.46. The van der Waals surface area contributed by atoms with Gasteiger partial charge in [0, 0.05) is 11.9 Å². The van der Waals surface area contributed by atoms with Crippen LogP contribution in [0.25, 0.3) is 0 Å². The largest absolute Gasteiger partial charge is 0.336 e. The van der Waals surface area contributed by atoms with Gasteiger partial charge in [0.1, 0.15) is 0 Å². The van der Waals surface area contributed by atoms with Crippen LogP contribution < -0.4 is 5.32 Å². The van der Waals surface area contributed by atoms with Gasteiger partial charge in [-0.2, -0.15) is 0 Å². The monoisotopic (exact) mass is 221 g/mol. The molecule has 2 aromatic rings. The summed E-state index contributed by atoms with van der Waals surface area (Å²) in [6.07, 6.45) is 3.75. The van der Waals surface area contributed by atoms with E-state index in [-0.39, 0.29) is 6.04 Å². The molecule has 0 aliphatic heterocycles. The van der Waals surface area contributed by atoms with Crippen molar-refractivity contribution < 1.29 is 0 Å². The zero-order valence-corrected chi connectivity index (χ0v) is 10.0. The van der Waals surface area contributed by atoms with Crippen LogP contribution in [0.15, 0.2) is 24.0 Å². The predicted octanol–water partition coefficient (Wildman–Crippen LogP) is 2.10. The third kappa shape index (κ3) is 1.82. The highest BCUT2D eigenvalue weighted by atomic mass is 32.1. The summed E-state index contributed by atoms with van der Waals surface area (Å²) in [4.78, 5) is 5.51. The highest BCUT2D eigenvalue weighted by Gasteiger charge is 2.17. The number of nitrogens with zero attached hydrogens (tertiary/aromatic N) is 2. The molecule has 0 bridgehead atoms. The van der Waals surface area contributed by atoms with Crippen LogP contribution in [-0.2, 0) is 7.05 Å². The van der Waals surface area contributed by atoms with E-state index in [0.717, 1.165) is 0 Å². The van der Waals surface area contributed by atoms with E-state index in [2.05, 4.69) is 33.2 Å². The maximum Gasteiger partial charge on any atom is 0.0946 e. The quantitative estimate of drug-likeness (QED) is 0.860. The standard InChI is InChI=1S/C11H15N3S/c1-8-9(4-5-15-8)11(12-2)10-6-13-7-14(10)3/h4-7,11-12H,1-3H3. The molecule has 1 atom stereocenters. The Kier molecular flexibility index (Phi) is 2.88. The first-order valence-electron chi connectivity index (χ1n) is 4.91. The van der Waals surface area contributed by atoms with Crippen molar-refractivity contribution >= 4 is 11.3 Å². The van der Waals surface area contributed by atoms with Gasteiger partial charge in [0.2, 0.25) is 0 Å². The van der Waals surface area contributed by atoms with Crippen molar-refractivity contribution in [3.8, 4) is 0 Å². The molecule has 0 aromatic carbocycles. The zero-order valence-electron chi connectivity index (χ0n) is 9.19. The fourth-order valence-corrected chi connectivity index (χ4v) is 2.54. The highest BCUT2D eigenvalue weighted by molar-refractivity contribution is 7.10. The molecule has 15 heavy (non-hydrogen) atoms. The van der Waals surface area contributed by atoms with E-state index < -0.39 is 0 Å². The van der Waals surface area contributed by atoms with Crippen LogP contribution in [0.4, 0.5) is 0 Å². The molecule has 0 radical (unpaired) electrons. The molecule has 80 valence electrons. The lowest BCUT2D eigenvalue weighted by molar-refractivity contribution is 0.637. The van der Waals surface area contributed by atoms with Crippen molar-refractivity contribution in [2.75, 3.05) is 7.05 Å². The summed E-state index contributed by atoms with van der Waals surface area (Å²) < 4.78 is 2.05. The molecule has 0 aliphatic rings. The molecule has 2 aromatic heterocycles. The molecule has 0 amide bonds. The van der Waals surface area contributed by atoms with E-state index in [1.54, 1.807) is 11.3 Å². The van der Waals surface area contributed by atoms with Gasteiger partial charge in [0.25, 0.3) is 0 Å². The zero-order chi connectivity index (χ0) is 10.8. The molecule has 1 unspecified atom stereocenters. The third-order valence-corrected chi connectivity index (χ3v) is 3.51. The van der Waals surface area contributed by atoms with Crippen molar-refractivity contribution in [2.45, 2.75) is 13.0 Å². The second-order valence-electron chi connectivity index (χ2n) is 3.58. The first-order valence-corrected chi connectivity index (χ1v) is 5.79. The minimum absolute atomic E-state index is 0.240. The first kappa shape index (κ1) is 10.4. The van der Waals surface area contributed by atoms with Crippen molar-refractivity contribution in [1.29, 1.82) is 0 Å². The molecular formula is C11H15N3S. The van der Waals surface area contributed by atoms with Crippen LogP contribution >= 0.6 is 11.3 Å². The minimum Gasteiger partial charge on any atom is -0.336 e. The third-order valence-electron chi connectivity index (χ3n) is 2.65. The van der Waals surface area contributed by atoms with E-state index >= 15 is 0 Å². The highest BCUT2D eigenvalue weighted by Crippen LogP contribution is 2.27. The lowest BCUT2D eigenvalue weighted by Gasteiger charge is -2.16.